The van der Waals surface area contributed by atoms with Crippen LogP contribution in [-0.2, 0) is 0 Å². The molecule has 8 nitrogen and oxygen atoms in total. The Labute approximate surface area is 237 Å². The van der Waals surface area contributed by atoms with Crippen LogP contribution in [0.25, 0.3) is 11.1 Å². The molecule has 0 aliphatic carbocycles. The van der Waals surface area contributed by atoms with Crippen LogP contribution < -0.4 is 5.46 Å². The van der Waals surface area contributed by atoms with Gasteiger partial charge < -0.3 is 10.0 Å². The van der Waals surface area contributed by atoms with Crippen molar-refractivity contribution in [3.8, 4) is 11.1 Å². The summed E-state index contributed by atoms with van der Waals surface area (Å²) in [4.78, 5) is 20.4. The fourth-order valence-corrected chi connectivity index (χ4v) is 4.40. The molecule has 0 radical (unpaired) electrons. The van der Waals surface area contributed by atoms with Gasteiger partial charge >= 0.3 is 7.12 Å². The van der Waals surface area contributed by atoms with Gasteiger partial charge in [0, 0.05) is 26.6 Å². The summed E-state index contributed by atoms with van der Waals surface area (Å²) in [6.45, 7) is 0. The normalized spacial score (nSPS) is 9.69. The van der Waals surface area contributed by atoms with Crippen molar-refractivity contribution < 1.29 is 19.9 Å². The Kier molecular flexibility index (Phi) is 12.2. The molecule has 0 fully saturated rings. The average molecular weight is 728 g/mol. The Morgan fingerprint density at radius 2 is 1.08 bits per heavy atom. The molecule has 0 aromatic heterocycles. The number of halogens is 3. The number of nitro benzene ring substituents is 2. The molecule has 0 amide bonds. The smallest absolute Gasteiger partial charge is 0.423 e. The lowest BCUT2D eigenvalue weighted by Gasteiger charge is -2.04. The predicted octanol–water partition coefficient (Wildman–Crippen LogP) is 6.35. The van der Waals surface area contributed by atoms with Gasteiger partial charge in [0.15, 0.2) is 0 Å². The van der Waals surface area contributed by atoms with Gasteiger partial charge in [0.1, 0.15) is 0 Å². The molecular weight excluding hydrogens is 710 g/mol. The number of hydrogen-bond donors (Lipinski definition) is 2. The van der Waals surface area contributed by atoms with Gasteiger partial charge in [0.25, 0.3) is 11.4 Å². The van der Waals surface area contributed by atoms with Gasteiger partial charge in [-0.3, -0.25) is 20.2 Å². The molecule has 0 atom stereocenters. The zero-order valence-electron chi connectivity index (χ0n) is 18.4. The SMILES string of the molecule is O=[N+]([O-])c1ccccc1-c1ccccc1Br.O=[N+]([O-])c1ccccc1I.OB(O)c1ccccc1Br. The van der Waals surface area contributed by atoms with E-state index < -0.39 is 7.12 Å². The lowest BCUT2D eigenvalue weighted by molar-refractivity contribution is -0.385. The van der Waals surface area contributed by atoms with Gasteiger partial charge in [-0.1, -0.05) is 92.5 Å². The lowest BCUT2D eigenvalue weighted by atomic mass is 9.80. The molecule has 4 rings (SSSR count). The summed E-state index contributed by atoms with van der Waals surface area (Å²) >= 11 is 8.50. The molecule has 0 aliphatic heterocycles. The molecule has 4 aromatic rings. The Morgan fingerprint density at radius 3 is 1.53 bits per heavy atom. The van der Waals surface area contributed by atoms with Gasteiger partial charge in [0.05, 0.1) is 19.0 Å². The topological polar surface area (TPSA) is 127 Å². The van der Waals surface area contributed by atoms with E-state index in [4.69, 9.17) is 10.0 Å². The molecule has 184 valence electrons. The number of para-hydroxylation sites is 2. The van der Waals surface area contributed by atoms with Crippen LogP contribution in [0.3, 0.4) is 0 Å². The second-order valence-corrected chi connectivity index (χ2v) is 9.73. The summed E-state index contributed by atoms with van der Waals surface area (Å²) in [6, 6.07) is 27.8. The molecule has 0 bridgehead atoms. The third kappa shape index (κ3) is 8.78. The molecule has 0 spiro atoms. The van der Waals surface area contributed by atoms with Crippen LogP contribution in [0, 0.1) is 23.8 Å². The summed E-state index contributed by atoms with van der Waals surface area (Å²) in [5, 5.41) is 38.6. The largest absolute Gasteiger partial charge is 0.489 e. The van der Waals surface area contributed by atoms with Gasteiger partial charge in [-0.05, 0) is 52.3 Å². The minimum Gasteiger partial charge on any atom is -0.423 e. The number of benzene rings is 4. The minimum absolute atomic E-state index is 0.120. The monoisotopic (exact) mass is 726 g/mol. The first-order valence-electron chi connectivity index (χ1n) is 10.1. The van der Waals surface area contributed by atoms with E-state index >= 15 is 0 Å². The number of rotatable bonds is 4. The van der Waals surface area contributed by atoms with Crippen molar-refractivity contribution in [3.63, 3.8) is 0 Å². The molecule has 0 saturated carbocycles. The van der Waals surface area contributed by atoms with E-state index in [-0.39, 0.29) is 21.2 Å². The second-order valence-electron chi connectivity index (χ2n) is 6.86. The summed E-state index contributed by atoms with van der Waals surface area (Å²) < 4.78 is 2.24. The molecule has 0 saturated heterocycles. The molecule has 2 N–H and O–H groups in total. The lowest BCUT2D eigenvalue weighted by Crippen LogP contribution is -2.30. The summed E-state index contributed by atoms with van der Waals surface area (Å²) in [7, 11) is -1.39. The molecule has 36 heavy (non-hydrogen) atoms. The maximum Gasteiger partial charge on any atom is 0.489 e. The maximum absolute atomic E-state index is 10.9. The minimum atomic E-state index is -1.39. The van der Waals surface area contributed by atoms with Crippen molar-refractivity contribution in [2.75, 3.05) is 0 Å². The van der Waals surface area contributed by atoms with Crippen LogP contribution in [0.5, 0.6) is 0 Å². The third-order valence-electron chi connectivity index (χ3n) is 4.50. The van der Waals surface area contributed by atoms with Gasteiger partial charge in [0.2, 0.25) is 0 Å². The number of hydrogen-bond acceptors (Lipinski definition) is 6. The first kappa shape index (κ1) is 29.6. The summed E-state index contributed by atoms with van der Waals surface area (Å²) in [5.41, 5.74) is 2.23. The second kappa shape index (κ2) is 14.8. The predicted molar refractivity (Wildman–Crippen MR) is 156 cm³/mol. The molecule has 12 heteroatoms. The first-order valence-corrected chi connectivity index (χ1v) is 12.8. The van der Waals surface area contributed by atoms with Crippen molar-refractivity contribution in [2.45, 2.75) is 0 Å². The number of nitro groups is 2. The standard InChI is InChI=1S/C12H8BrNO2.C6H6BBrO2.C6H4INO2/c13-11-7-3-1-5-9(11)10-6-2-4-8-12(10)14(15)16;8-6-4-2-1-3-5(6)7(9)10;7-5-3-1-2-4-6(5)8(9)10/h1-8H;1-4,9-10H;1-4H. The van der Waals surface area contributed by atoms with Crippen LogP contribution >= 0.6 is 54.5 Å². The molecule has 0 aliphatic rings. The number of nitrogens with zero attached hydrogens (tertiary/aromatic N) is 2. The van der Waals surface area contributed by atoms with Gasteiger partial charge in [-0.15, -0.1) is 0 Å². The summed E-state index contributed by atoms with van der Waals surface area (Å²) in [6.07, 6.45) is 0. The van der Waals surface area contributed by atoms with Crippen molar-refractivity contribution in [3.05, 3.63) is 130 Å². The van der Waals surface area contributed by atoms with E-state index in [1.165, 1.54) is 12.1 Å². The zero-order chi connectivity index (χ0) is 26.7. The van der Waals surface area contributed by atoms with Gasteiger partial charge in [-0.25, -0.2) is 0 Å². The van der Waals surface area contributed by atoms with E-state index in [1.807, 2.05) is 52.9 Å². The molecule has 4 aromatic carbocycles. The first-order chi connectivity index (χ1) is 17.1. The Morgan fingerprint density at radius 1 is 0.639 bits per heavy atom. The van der Waals surface area contributed by atoms with Crippen molar-refractivity contribution >= 4 is 78.4 Å². The van der Waals surface area contributed by atoms with E-state index in [0.717, 1.165) is 10.0 Å². The highest BCUT2D eigenvalue weighted by Gasteiger charge is 2.15. The zero-order valence-corrected chi connectivity index (χ0v) is 23.7. The Hall–Kier alpha value is -2.65. The van der Waals surface area contributed by atoms with Crippen LogP contribution in [0.15, 0.2) is 106 Å². The van der Waals surface area contributed by atoms with Crippen molar-refractivity contribution in [2.24, 2.45) is 0 Å². The molecule has 0 unspecified atom stereocenters. The fraction of sp³-hybridized carbons (Fsp3) is 0. The molecular formula is C24H18BBr2IN2O6. The highest BCUT2D eigenvalue weighted by atomic mass is 127. The van der Waals surface area contributed by atoms with Gasteiger partial charge in [-0.2, -0.15) is 0 Å². The van der Waals surface area contributed by atoms with Crippen molar-refractivity contribution in [1.29, 1.82) is 0 Å². The average Bonchev–Trinajstić information content (AvgIpc) is 2.85. The third-order valence-corrected chi connectivity index (χ3v) is 6.82. The van der Waals surface area contributed by atoms with Crippen LogP contribution in [0.4, 0.5) is 11.4 Å². The quantitative estimate of drug-likeness (QED) is 0.109. The van der Waals surface area contributed by atoms with Crippen LogP contribution in [-0.4, -0.2) is 27.0 Å². The summed E-state index contributed by atoms with van der Waals surface area (Å²) in [5.74, 6) is 0. The van der Waals surface area contributed by atoms with E-state index in [2.05, 4.69) is 31.9 Å². The highest BCUT2D eigenvalue weighted by molar-refractivity contribution is 14.1. The maximum atomic E-state index is 10.9. The Balaban J connectivity index is 0.000000200. The highest BCUT2D eigenvalue weighted by Crippen LogP contribution is 2.34. The van der Waals surface area contributed by atoms with Crippen molar-refractivity contribution in [1.82, 2.24) is 0 Å². The van der Waals surface area contributed by atoms with E-state index in [9.17, 15) is 20.2 Å². The fourth-order valence-electron chi connectivity index (χ4n) is 2.82. The van der Waals surface area contributed by atoms with E-state index in [1.54, 1.807) is 54.6 Å². The van der Waals surface area contributed by atoms with E-state index in [0.29, 0.717) is 19.1 Å². The molecule has 0 heterocycles. The Bertz CT molecular complexity index is 1340. The van der Waals surface area contributed by atoms with Crippen LogP contribution in [0.2, 0.25) is 0 Å². The van der Waals surface area contributed by atoms with Crippen LogP contribution in [0.1, 0.15) is 0 Å².